The van der Waals surface area contributed by atoms with Gasteiger partial charge in [0.15, 0.2) is 6.61 Å². The Kier molecular flexibility index (Phi) is 8.71. The van der Waals surface area contributed by atoms with Crippen molar-refractivity contribution in [3.63, 3.8) is 0 Å². The van der Waals surface area contributed by atoms with Gasteiger partial charge in [0.1, 0.15) is 4.90 Å². The molecule has 1 atom stereocenters. The summed E-state index contributed by atoms with van der Waals surface area (Å²) in [6.45, 7) is 0.328. The van der Waals surface area contributed by atoms with Gasteiger partial charge in [-0.05, 0) is 43.9 Å². The molecule has 1 aromatic carbocycles. The normalized spacial score (nSPS) is 20.2. The zero-order valence-corrected chi connectivity index (χ0v) is 19.0. The molecule has 3 rings (SSSR count). The Balaban J connectivity index is 1.56. The molecule has 0 radical (unpaired) electrons. The summed E-state index contributed by atoms with van der Waals surface area (Å²) in [6, 6.07) is 3.96. The van der Waals surface area contributed by atoms with Crippen molar-refractivity contribution in [2.75, 3.05) is 19.8 Å². The zero-order valence-electron chi connectivity index (χ0n) is 17.4. The summed E-state index contributed by atoms with van der Waals surface area (Å²) in [5.74, 6) is -1.15. The number of sulfonamides is 1. The van der Waals surface area contributed by atoms with Crippen molar-refractivity contribution in [1.82, 2.24) is 10.0 Å². The molecule has 1 amide bonds. The van der Waals surface area contributed by atoms with E-state index >= 15 is 0 Å². The van der Waals surface area contributed by atoms with Crippen molar-refractivity contribution in [3.05, 3.63) is 28.8 Å². The van der Waals surface area contributed by atoms with Gasteiger partial charge in [-0.1, -0.05) is 37.3 Å². The topological polar surface area (TPSA) is 111 Å². The molecule has 31 heavy (non-hydrogen) atoms. The average molecular weight is 473 g/mol. The standard InChI is InChI=1S/C21H29ClN2O6S/c22-18-10-9-15(12-19(18)31(27,28)23-13-17-8-5-11-29-17)21(26)30-14-20(25)24-16-6-3-1-2-4-7-16/h9-10,12,16-17,23H,1-8,11,13-14H2,(H,24,25). The fraction of sp³-hybridized carbons (Fsp3) is 0.619. The van der Waals surface area contributed by atoms with Crippen LogP contribution in [0, 0.1) is 0 Å². The van der Waals surface area contributed by atoms with Gasteiger partial charge < -0.3 is 14.8 Å². The highest BCUT2D eigenvalue weighted by Gasteiger charge is 2.24. The monoisotopic (exact) mass is 472 g/mol. The van der Waals surface area contributed by atoms with E-state index in [1.807, 2.05) is 0 Å². The number of ether oxygens (including phenoxy) is 2. The van der Waals surface area contributed by atoms with E-state index in [9.17, 15) is 18.0 Å². The molecule has 8 nitrogen and oxygen atoms in total. The quantitative estimate of drug-likeness (QED) is 0.444. The van der Waals surface area contributed by atoms with Gasteiger partial charge >= 0.3 is 5.97 Å². The van der Waals surface area contributed by atoms with Gasteiger partial charge in [-0.3, -0.25) is 4.79 Å². The third-order valence-electron chi connectivity index (χ3n) is 5.54. The summed E-state index contributed by atoms with van der Waals surface area (Å²) < 4.78 is 38.2. The molecule has 0 spiro atoms. The molecule has 1 saturated heterocycles. The van der Waals surface area contributed by atoms with E-state index in [1.165, 1.54) is 25.0 Å². The van der Waals surface area contributed by atoms with Crippen molar-refractivity contribution >= 4 is 33.5 Å². The molecule has 1 heterocycles. The lowest BCUT2D eigenvalue weighted by Gasteiger charge is -2.16. The minimum atomic E-state index is -3.94. The van der Waals surface area contributed by atoms with Gasteiger partial charge in [-0.15, -0.1) is 0 Å². The SMILES string of the molecule is O=C(COC(=O)c1ccc(Cl)c(S(=O)(=O)NCC2CCCO2)c1)NC1CCCCCC1. The molecule has 2 aliphatic rings. The van der Waals surface area contributed by atoms with Crippen molar-refractivity contribution in [3.8, 4) is 0 Å². The fourth-order valence-corrected chi connectivity index (χ4v) is 5.42. The van der Waals surface area contributed by atoms with E-state index in [0.717, 1.165) is 44.6 Å². The Morgan fingerprint density at radius 1 is 1.10 bits per heavy atom. The Labute approximate surface area is 188 Å². The van der Waals surface area contributed by atoms with Crippen molar-refractivity contribution in [2.24, 2.45) is 0 Å². The summed E-state index contributed by atoms with van der Waals surface area (Å²) >= 11 is 6.06. The summed E-state index contributed by atoms with van der Waals surface area (Å²) in [5.41, 5.74) is 0.00385. The Bertz CT molecular complexity index is 878. The lowest BCUT2D eigenvalue weighted by molar-refractivity contribution is -0.125. The number of carbonyl (C=O) groups is 2. The highest BCUT2D eigenvalue weighted by molar-refractivity contribution is 7.89. The first-order chi connectivity index (χ1) is 14.8. The van der Waals surface area contributed by atoms with Crippen LogP contribution in [0.15, 0.2) is 23.1 Å². The van der Waals surface area contributed by atoms with Crippen LogP contribution in [-0.4, -0.2) is 52.2 Å². The van der Waals surface area contributed by atoms with Crippen LogP contribution in [0.25, 0.3) is 0 Å². The Morgan fingerprint density at radius 3 is 2.52 bits per heavy atom. The highest BCUT2D eigenvalue weighted by Crippen LogP contribution is 2.23. The zero-order chi connectivity index (χ0) is 22.3. The average Bonchev–Trinajstić information content (AvgIpc) is 3.14. The predicted octanol–water partition coefficient (Wildman–Crippen LogP) is 2.79. The summed E-state index contributed by atoms with van der Waals surface area (Å²) in [4.78, 5) is 24.3. The molecular weight excluding hydrogens is 444 g/mol. The van der Waals surface area contributed by atoms with Crippen LogP contribution in [0.4, 0.5) is 0 Å². The maximum Gasteiger partial charge on any atom is 0.338 e. The number of benzene rings is 1. The van der Waals surface area contributed by atoms with E-state index in [1.54, 1.807) is 0 Å². The second-order valence-corrected chi connectivity index (χ2v) is 10.1. The molecule has 1 aliphatic carbocycles. The predicted molar refractivity (Wildman–Crippen MR) is 116 cm³/mol. The maximum atomic E-state index is 12.6. The van der Waals surface area contributed by atoms with Crippen molar-refractivity contribution in [1.29, 1.82) is 0 Å². The molecule has 1 aromatic rings. The van der Waals surface area contributed by atoms with Crippen LogP contribution in [-0.2, 0) is 24.3 Å². The lowest BCUT2D eigenvalue weighted by Crippen LogP contribution is -2.37. The maximum absolute atomic E-state index is 12.6. The smallest absolute Gasteiger partial charge is 0.338 e. The summed E-state index contributed by atoms with van der Waals surface area (Å²) in [7, 11) is -3.94. The first-order valence-corrected chi connectivity index (χ1v) is 12.6. The molecule has 1 aliphatic heterocycles. The van der Waals surface area contributed by atoms with Crippen LogP contribution >= 0.6 is 11.6 Å². The van der Waals surface area contributed by atoms with E-state index in [2.05, 4.69) is 10.0 Å². The van der Waals surface area contributed by atoms with Crippen LogP contribution in [0.5, 0.6) is 0 Å². The van der Waals surface area contributed by atoms with E-state index in [4.69, 9.17) is 21.1 Å². The minimum Gasteiger partial charge on any atom is -0.452 e. The molecular formula is C21H29ClN2O6S. The molecule has 10 heteroatoms. The molecule has 172 valence electrons. The highest BCUT2D eigenvalue weighted by atomic mass is 35.5. The second-order valence-electron chi connectivity index (χ2n) is 7.96. The number of amides is 1. The first kappa shape index (κ1) is 24.0. The van der Waals surface area contributed by atoms with E-state index in [-0.39, 0.29) is 40.1 Å². The van der Waals surface area contributed by atoms with Gasteiger partial charge in [0.2, 0.25) is 10.0 Å². The van der Waals surface area contributed by atoms with Gasteiger partial charge in [-0.25, -0.2) is 17.9 Å². The number of halogens is 1. The summed E-state index contributed by atoms with van der Waals surface area (Å²) in [6.07, 6.45) is 7.86. The van der Waals surface area contributed by atoms with Crippen molar-refractivity contribution < 1.29 is 27.5 Å². The lowest BCUT2D eigenvalue weighted by atomic mass is 10.1. The molecule has 1 unspecified atom stereocenters. The van der Waals surface area contributed by atoms with Crippen LogP contribution in [0.3, 0.4) is 0 Å². The van der Waals surface area contributed by atoms with Crippen molar-refractivity contribution in [2.45, 2.75) is 68.4 Å². The van der Waals surface area contributed by atoms with Crippen LogP contribution in [0.1, 0.15) is 61.7 Å². The second kappa shape index (κ2) is 11.3. The molecule has 2 N–H and O–H groups in total. The first-order valence-electron chi connectivity index (χ1n) is 10.7. The van der Waals surface area contributed by atoms with Crippen LogP contribution < -0.4 is 10.0 Å². The van der Waals surface area contributed by atoms with Gasteiger partial charge in [0, 0.05) is 19.2 Å². The Hall–Kier alpha value is -1.68. The van der Waals surface area contributed by atoms with Gasteiger partial charge in [0.25, 0.3) is 5.91 Å². The number of esters is 1. The number of nitrogens with one attached hydrogen (secondary N) is 2. The molecule has 0 aromatic heterocycles. The third-order valence-corrected chi connectivity index (χ3v) is 7.44. The fourth-order valence-electron chi connectivity index (χ4n) is 3.83. The van der Waals surface area contributed by atoms with Gasteiger partial charge in [0.05, 0.1) is 16.7 Å². The van der Waals surface area contributed by atoms with Crippen LogP contribution in [0.2, 0.25) is 5.02 Å². The molecule has 0 bridgehead atoms. The number of hydrogen-bond acceptors (Lipinski definition) is 6. The Morgan fingerprint density at radius 2 is 1.84 bits per heavy atom. The van der Waals surface area contributed by atoms with Gasteiger partial charge in [-0.2, -0.15) is 0 Å². The third kappa shape index (κ3) is 7.17. The van der Waals surface area contributed by atoms with E-state index < -0.39 is 22.6 Å². The number of hydrogen-bond donors (Lipinski definition) is 2. The molecule has 2 fully saturated rings. The minimum absolute atomic E-state index is 0.00385. The summed E-state index contributed by atoms with van der Waals surface area (Å²) in [5, 5.41) is 2.89. The number of rotatable bonds is 8. The van der Waals surface area contributed by atoms with E-state index in [0.29, 0.717) is 6.61 Å². The largest absolute Gasteiger partial charge is 0.452 e. The molecule has 1 saturated carbocycles. The number of carbonyl (C=O) groups excluding carboxylic acids is 2.